The SMILES string of the molecule is CO[C@@H]1CN(C(C)=O)C[C@H](C(C)C)[C@@H](c2cccc(F)c2)N(C(C)=O)CCCCOC[C@@H](O)[C@H]1O. The largest absolute Gasteiger partial charge is 0.388 e. The van der Waals surface area contributed by atoms with Gasteiger partial charge in [0.2, 0.25) is 11.8 Å². The van der Waals surface area contributed by atoms with E-state index in [9.17, 15) is 24.2 Å². The summed E-state index contributed by atoms with van der Waals surface area (Å²) in [6, 6.07) is 5.79. The first kappa shape index (κ1) is 29.2. The van der Waals surface area contributed by atoms with Crippen molar-refractivity contribution in [3.63, 3.8) is 0 Å². The minimum Gasteiger partial charge on any atom is -0.388 e. The van der Waals surface area contributed by atoms with Crippen LogP contribution in [0.3, 0.4) is 0 Å². The zero-order valence-electron chi connectivity index (χ0n) is 21.5. The molecule has 0 saturated carbocycles. The van der Waals surface area contributed by atoms with Crippen LogP contribution in [0, 0.1) is 17.7 Å². The van der Waals surface area contributed by atoms with Crippen LogP contribution < -0.4 is 0 Å². The number of aliphatic hydroxyl groups excluding tert-OH is 2. The lowest BCUT2D eigenvalue weighted by molar-refractivity contribution is -0.139. The normalized spacial score (nSPS) is 27.9. The molecule has 8 nitrogen and oxygen atoms in total. The van der Waals surface area contributed by atoms with Crippen LogP contribution in [0.25, 0.3) is 0 Å². The zero-order valence-corrected chi connectivity index (χ0v) is 21.5. The molecule has 1 aromatic carbocycles. The van der Waals surface area contributed by atoms with Crippen LogP contribution in [0.5, 0.6) is 0 Å². The number of nitrogens with zero attached hydrogens (tertiary/aromatic N) is 2. The van der Waals surface area contributed by atoms with E-state index in [0.717, 1.165) is 0 Å². The maximum atomic E-state index is 14.3. The third-order valence-electron chi connectivity index (χ3n) is 6.77. The summed E-state index contributed by atoms with van der Waals surface area (Å²) in [5.74, 6) is -0.955. The maximum absolute atomic E-state index is 14.3. The Morgan fingerprint density at radius 3 is 2.43 bits per heavy atom. The number of halogens is 1. The van der Waals surface area contributed by atoms with Gasteiger partial charge in [0.1, 0.15) is 24.1 Å². The second-order valence-corrected chi connectivity index (χ2v) is 9.66. The number of rotatable bonds is 3. The highest BCUT2D eigenvalue weighted by Crippen LogP contribution is 2.35. The Morgan fingerprint density at radius 1 is 1.14 bits per heavy atom. The molecule has 0 unspecified atom stereocenters. The van der Waals surface area contributed by atoms with Gasteiger partial charge in [0.25, 0.3) is 0 Å². The van der Waals surface area contributed by atoms with Gasteiger partial charge in [0, 0.05) is 53.1 Å². The highest BCUT2D eigenvalue weighted by Gasteiger charge is 2.36. The molecule has 2 rings (SSSR count). The van der Waals surface area contributed by atoms with Gasteiger partial charge >= 0.3 is 0 Å². The summed E-state index contributed by atoms with van der Waals surface area (Å²) in [5, 5.41) is 21.1. The molecule has 2 amide bonds. The van der Waals surface area contributed by atoms with E-state index >= 15 is 0 Å². The van der Waals surface area contributed by atoms with Crippen molar-refractivity contribution in [2.75, 3.05) is 40.0 Å². The van der Waals surface area contributed by atoms with Gasteiger partial charge in [-0.3, -0.25) is 9.59 Å². The lowest BCUT2D eigenvalue weighted by Crippen LogP contribution is -2.51. The molecule has 198 valence electrons. The fourth-order valence-electron chi connectivity index (χ4n) is 4.68. The van der Waals surface area contributed by atoms with E-state index in [4.69, 9.17) is 9.47 Å². The number of methoxy groups -OCH3 is 1. The van der Waals surface area contributed by atoms with Crippen molar-refractivity contribution in [2.45, 2.75) is 64.9 Å². The summed E-state index contributed by atoms with van der Waals surface area (Å²) in [4.78, 5) is 28.9. The standard InChI is InChI=1S/C26H41FN2O6/c1-17(2)22-14-28(18(3)30)15-24(34-5)26(33)23(32)16-35-12-7-6-11-29(19(4)31)25(22)20-9-8-10-21(27)13-20/h8-10,13,17,22-26,32-33H,6-7,11-12,14-16H2,1-5H3/t22-,23-,24-,25-,26-/m1/s1. The van der Waals surface area contributed by atoms with E-state index in [2.05, 4.69) is 0 Å². The molecule has 0 aromatic heterocycles. The fourth-order valence-corrected chi connectivity index (χ4v) is 4.68. The summed E-state index contributed by atoms with van der Waals surface area (Å²) in [5.41, 5.74) is 0.668. The van der Waals surface area contributed by atoms with E-state index in [1.54, 1.807) is 15.9 Å². The average molecular weight is 497 g/mol. The molecular formula is C26H41FN2O6. The van der Waals surface area contributed by atoms with Crippen molar-refractivity contribution in [3.8, 4) is 0 Å². The van der Waals surface area contributed by atoms with E-state index in [0.29, 0.717) is 31.6 Å². The number of carbonyl (C=O) groups excluding carboxylic acids is 2. The summed E-state index contributed by atoms with van der Waals surface area (Å²) in [6.45, 7) is 8.00. The number of ether oxygens (including phenoxy) is 2. The molecule has 1 saturated heterocycles. The van der Waals surface area contributed by atoms with Crippen LogP contribution in [0.4, 0.5) is 4.39 Å². The molecule has 9 heteroatoms. The Balaban J connectivity index is 2.56. The smallest absolute Gasteiger partial charge is 0.219 e. The van der Waals surface area contributed by atoms with Crippen LogP contribution in [-0.2, 0) is 19.1 Å². The molecular weight excluding hydrogens is 455 g/mol. The van der Waals surface area contributed by atoms with Gasteiger partial charge in [-0.2, -0.15) is 0 Å². The number of carbonyl (C=O) groups is 2. The van der Waals surface area contributed by atoms with Gasteiger partial charge < -0.3 is 29.5 Å². The molecule has 1 aliphatic rings. The van der Waals surface area contributed by atoms with E-state index in [-0.39, 0.29) is 43.3 Å². The Morgan fingerprint density at radius 2 is 1.86 bits per heavy atom. The molecule has 1 fully saturated rings. The van der Waals surface area contributed by atoms with Crippen molar-refractivity contribution in [1.82, 2.24) is 9.80 Å². The Labute approximate surface area is 208 Å². The minimum absolute atomic E-state index is 0.0301. The molecule has 0 aliphatic carbocycles. The summed E-state index contributed by atoms with van der Waals surface area (Å²) in [6.07, 6.45) is -1.98. The van der Waals surface area contributed by atoms with E-state index < -0.39 is 30.2 Å². The average Bonchev–Trinajstić information content (AvgIpc) is 2.80. The van der Waals surface area contributed by atoms with E-state index in [1.807, 2.05) is 19.9 Å². The number of hydrogen-bond donors (Lipinski definition) is 2. The molecule has 35 heavy (non-hydrogen) atoms. The van der Waals surface area contributed by atoms with Crippen LogP contribution in [-0.4, -0.2) is 90.1 Å². The topological polar surface area (TPSA) is 99.5 Å². The van der Waals surface area contributed by atoms with Crippen LogP contribution in [0.15, 0.2) is 24.3 Å². The van der Waals surface area contributed by atoms with E-state index in [1.165, 1.54) is 33.1 Å². The van der Waals surface area contributed by atoms with Crippen LogP contribution >= 0.6 is 0 Å². The molecule has 1 aliphatic heterocycles. The highest BCUT2D eigenvalue weighted by atomic mass is 19.1. The fraction of sp³-hybridized carbons (Fsp3) is 0.692. The van der Waals surface area contributed by atoms with Crippen molar-refractivity contribution < 1.29 is 33.7 Å². The quantitative estimate of drug-likeness (QED) is 0.667. The Bertz CT molecular complexity index is 823. The van der Waals surface area contributed by atoms with Crippen LogP contribution in [0.2, 0.25) is 0 Å². The van der Waals surface area contributed by atoms with Crippen molar-refractivity contribution in [1.29, 1.82) is 0 Å². The van der Waals surface area contributed by atoms with Gasteiger partial charge in [0.15, 0.2) is 0 Å². The third kappa shape index (κ3) is 8.24. The molecule has 1 heterocycles. The molecule has 0 bridgehead atoms. The number of aliphatic hydroxyl groups is 2. The second-order valence-electron chi connectivity index (χ2n) is 9.66. The lowest BCUT2D eigenvalue weighted by atomic mass is 9.82. The predicted octanol–water partition coefficient (Wildman–Crippen LogP) is 2.38. The van der Waals surface area contributed by atoms with Crippen LogP contribution in [0.1, 0.15) is 52.1 Å². The first-order chi connectivity index (χ1) is 16.6. The molecule has 2 N–H and O–H groups in total. The van der Waals surface area contributed by atoms with Gasteiger partial charge in [-0.25, -0.2) is 4.39 Å². The predicted molar refractivity (Wildman–Crippen MR) is 130 cm³/mol. The summed E-state index contributed by atoms with van der Waals surface area (Å²) in [7, 11) is 1.42. The first-order valence-corrected chi connectivity index (χ1v) is 12.3. The zero-order chi connectivity index (χ0) is 26.1. The van der Waals surface area contributed by atoms with Gasteiger partial charge in [-0.15, -0.1) is 0 Å². The number of benzene rings is 1. The maximum Gasteiger partial charge on any atom is 0.219 e. The van der Waals surface area contributed by atoms with Gasteiger partial charge in [-0.05, 0) is 36.5 Å². The molecule has 1 aromatic rings. The minimum atomic E-state index is -1.25. The molecule has 0 radical (unpaired) electrons. The number of hydrogen-bond acceptors (Lipinski definition) is 6. The first-order valence-electron chi connectivity index (χ1n) is 12.3. The highest BCUT2D eigenvalue weighted by molar-refractivity contribution is 5.74. The molecule has 0 spiro atoms. The monoisotopic (exact) mass is 496 g/mol. The van der Waals surface area contributed by atoms with Gasteiger partial charge in [-0.1, -0.05) is 26.0 Å². The second kappa shape index (κ2) is 13.9. The Kier molecular flexibility index (Phi) is 11.6. The summed E-state index contributed by atoms with van der Waals surface area (Å²) < 4.78 is 25.3. The lowest BCUT2D eigenvalue weighted by Gasteiger charge is -2.42. The number of amides is 2. The van der Waals surface area contributed by atoms with Crippen molar-refractivity contribution in [3.05, 3.63) is 35.6 Å². The van der Waals surface area contributed by atoms with Crippen molar-refractivity contribution >= 4 is 11.8 Å². The summed E-state index contributed by atoms with van der Waals surface area (Å²) >= 11 is 0. The third-order valence-corrected chi connectivity index (χ3v) is 6.77. The van der Waals surface area contributed by atoms with Crippen molar-refractivity contribution in [2.24, 2.45) is 11.8 Å². The molecule has 5 atom stereocenters. The van der Waals surface area contributed by atoms with Gasteiger partial charge in [0.05, 0.1) is 12.6 Å². The Hall–Kier alpha value is -2.07.